The van der Waals surface area contributed by atoms with Crippen LogP contribution in [0.3, 0.4) is 0 Å². The molecule has 4 nitrogen and oxygen atoms in total. The lowest BCUT2D eigenvalue weighted by molar-refractivity contribution is 0.409. The van der Waals surface area contributed by atoms with Crippen molar-refractivity contribution >= 4 is 21.4 Å². The molecule has 0 atom stereocenters. The molecule has 0 aliphatic rings. The van der Waals surface area contributed by atoms with Gasteiger partial charge in [-0.1, -0.05) is 42.5 Å². The van der Waals surface area contributed by atoms with E-state index in [1.54, 1.807) is 28.0 Å². The topological polar surface area (TPSA) is 50.3 Å². The number of pyridine rings is 1. The van der Waals surface area contributed by atoms with Gasteiger partial charge in [-0.15, -0.1) is 11.3 Å². The van der Waals surface area contributed by atoms with Crippen molar-refractivity contribution in [3.05, 3.63) is 88.4 Å². The van der Waals surface area contributed by atoms with Gasteiger partial charge in [-0.2, -0.15) is 4.31 Å². The highest BCUT2D eigenvalue weighted by atomic mass is 32.2. The van der Waals surface area contributed by atoms with Crippen LogP contribution >= 0.6 is 11.3 Å². The molecule has 0 amide bonds. The molecule has 0 aliphatic carbocycles. The Morgan fingerprint density at radius 1 is 0.960 bits per heavy atom. The molecule has 0 spiro atoms. The molecule has 6 heteroatoms. The van der Waals surface area contributed by atoms with Gasteiger partial charge in [0.05, 0.1) is 5.75 Å². The van der Waals surface area contributed by atoms with Crippen LogP contribution in [-0.4, -0.2) is 24.3 Å². The van der Waals surface area contributed by atoms with E-state index in [0.717, 1.165) is 11.1 Å². The Balaban J connectivity index is 1.78. The van der Waals surface area contributed by atoms with Crippen LogP contribution < -0.4 is 0 Å². The van der Waals surface area contributed by atoms with Crippen molar-refractivity contribution in [1.29, 1.82) is 0 Å². The fraction of sp³-hybridized carbons (Fsp3) is 0.211. The van der Waals surface area contributed by atoms with E-state index in [4.69, 9.17) is 0 Å². The van der Waals surface area contributed by atoms with Crippen LogP contribution in [0.5, 0.6) is 0 Å². The molecule has 0 aliphatic heterocycles. The quantitative estimate of drug-likeness (QED) is 0.605. The standard InChI is InChI=1S/C19H20N2O2S2/c22-25(23,16-17-6-2-1-3-7-17)21(12-10-19-9-5-13-24-19)15-18-8-4-11-20-14-18/h1-9,11,13-14H,10,12,15-16H2. The van der Waals surface area contributed by atoms with Gasteiger partial charge in [0.25, 0.3) is 0 Å². The third-order valence-electron chi connectivity index (χ3n) is 3.85. The third kappa shape index (κ3) is 5.22. The van der Waals surface area contributed by atoms with E-state index in [0.29, 0.717) is 19.5 Å². The summed E-state index contributed by atoms with van der Waals surface area (Å²) in [6, 6.07) is 17.1. The molecule has 0 bridgehead atoms. The second-order valence-corrected chi connectivity index (χ2v) is 8.77. The van der Waals surface area contributed by atoms with Gasteiger partial charge in [-0.25, -0.2) is 8.42 Å². The van der Waals surface area contributed by atoms with Crippen LogP contribution in [0.25, 0.3) is 0 Å². The number of hydrogen-bond acceptors (Lipinski definition) is 4. The highest BCUT2D eigenvalue weighted by molar-refractivity contribution is 7.88. The van der Waals surface area contributed by atoms with Crippen molar-refractivity contribution in [3.8, 4) is 0 Å². The summed E-state index contributed by atoms with van der Waals surface area (Å²) in [6.07, 6.45) is 4.13. The van der Waals surface area contributed by atoms with Crippen LogP contribution in [0.1, 0.15) is 16.0 Å². The third-order valence-corrected chi connectivity index (χ3v) is 6.59. The fourth-order valence-electron chi connectivity index (χ4n) is 2.58. The minimum absolute atomic E-state index is 0.0124. The number of sulfonamides is 1. The Hall–Kier alpha value is -2.02. The van der Waals surface area contributed by atoms with Crippen LogP contribution in [0.15, 0.2) is 72.4 Å². The lowest BCUT2D eigenvalue weighted by Gasteiger charge is -2.22. The molecule has 0 radical (unpaired) electrons. The number of benzene rings is 1. The predicted molar refractivity (Wildman–Crippen MR) is 102 cm³/mol. The summed E-state index contributed by atoms with van der Waals surface area (Å²) in [5.41, 5.74) is 1.69. The average molecular weight is 373 g/mol. The maximum absolute atomic E-state index is 13.0. The van der Waals surface area contributed by atoms with Gasteiger partial charge in [0.1, 0.15) is 0 Å². The number of nitrogens with zero attached hydrogens (tertiary/aromatic N) is 2. The maximum atomic E-state index is 13.0. The Labute approximate surface area is 152 Å². The van der Waals surface area contributed by atoms with Gasteiger partial charge in [0, 0.05) is 30.4 Å². The van der Waals surface area contributed by atoms with Crippen LogP contribution in [0.4, 0.5) is 0 Å². The number of thiophene rings is 1. The molecule has 25 heavy (non-hydrogen) atoms. The molecule has 2 aromatic heterocycles. The molecule has 0 N–H and O–H groups in total. The second kappa shape index (κ2) is 8.38. The molecule has 0 unspecified atom stereocenters. The lowest BCUT2D eigenvalue weighted by atomic mass is 10.2. The van der Waals surface area contributed by atoms with Gasteiger partial charge in [0.15, 0.2) is 0 Å². The van der Waals surface area contributed by atoms with E-state index in [1.165, 1.54) is 4.88 Å². The first kappa shape index (κ1) is 17.8. The monoisotopic (exact) mass is 372 g/mol. The Morgan fingerprint density at radius 3 is 2.44 bits per heavy atom. The molecule has 2 heterocycles. The molecule has 130 valence electrons. The van der Waals surface area contributed by atoms with Crippen LogP contribution in [-0.2, 0) is 28.7 Å². The van der Waals surface area contributed by atoms with Crippen molar-refractivity contribution in [3.63, 3.8) is 0 Å². The number of hydrogen-bond donors (Lipinski definition) is 0. The normalized spacial score (nSPS) is 11.7. The summed E-state index contributed by atoms with van der Waals surface area (Å²) in [6.45, 7) is 0.805. The van der Waals surface area contributed by atoms with Crippen molar-refractivity contribution in [2.75, 3.05) is 6.54 Å². The highest BCUT2D eigenvalue weighted by Crippen LogP contribution is 2.17. The van der Waals surface area contributed by atoms with E-state index < -0.39 is 10.0 Å². The van der Waals surface area contributed by atoms with Crippen molar-refractivity contribution in [1.82, 2.24) is 9.29 Å². The largest absolute Gasteiger partial charge is 0.264 e. The summed E-state index contributed by atoms with van der Waals surface area (Å²) in [5, 5.41) is 2.01. The smallest absolute Gasteiger partial charge is 0.218 e. The minimum atomic E-state index is -3.42. The molecule has 0 saturated carbocycles. The van der Waals surface area contributed by atoms with Crippen LogP contribution in [0, 0.1) is 0 Å². The summed E-state index contributed by atoms with van der Waals surface area (Å²) >= 11 is 1.65. The van der Waals surface area contributed by atoms with Gasteiger partial charge in [-0.3, -0.25) is 4.98 Å². The summed E-state index contributed by atoms with van der Waals surface area (Å²) < 4.78 is 27.5. The molecule has 0 fully saturated rings. The maximum Gasteiger partial charge on any atom is 0.218 e. The van der Waals surface area contributed by atoms with Gasteiger partial charge < -0.3 is 0 Å². The average Bonchev–Trinajstić information content (AvgIpc) is 3.13. The Morgan fingerprint density at radius 2 is 1.76 bits per heavy atom. The van der Waals surface area contributed by atoms with E-state index in [2.05, 4.69) is 4.98 Å². The summed E-state index contributed by atoms with van der Waals surface area (Å²) in [5.74, 6) is 0.0124. The van der Waals surface area contributed by atoms with E-state index in [9.17, 15) is 8.42 Å². The summed E-state index contributed by atoms with van der Waals surface area (Å²) in [7, 11) is -3.42. The first-order valence-electron chi connectivity index (χ1n) is 8.06. The van der Waals surface area contributed by atoms with Crippen LogP contribution in [0.2, 0.25) is 0 Å². The zero-order valence-electron chi connectivity index (χ0n) is 13.8. The van der Waals surface area contributed by atoms with Crippen molar-refractivity contribution in [2.45, 2.75) is 18.7 Å². The second-order valence-electron chi connectivity index (χ2n) is 5.77. The molecule has 0 saturated heterocycles. The predicted octanol–water partition coefficient (Wildman–Crippen LogP) is 3.72. The van der Waals surface area contributed by atoms with Gasteiger partial charge in [-0.05, 0) is 35.1 Å². The molecular formula is C19H20N2O2S2. The van der Waals surface area contributed by atoms with E-state index in [1.807, 2.05) is 60.0 Å². The first-order valence-corrected chi connectivity index (χ1v) is 10.6. The molecule has 3 rings (SSSR count). The minimum Gasteiger partial charge on any atom is -0.264 e. The van der Waals surface area contributed by atoms with Crippen molar-refractivity contribution < 1.29 is 8.42 Å². The first-order chi connectivity index (χ1) is 12.1. The summed E-state index contributed by atoms with van der Waals surface area (Å²) in [4.78, 5) is 5.28. The van der Waals surface area contributed by atoms with Crippen molar-refractivity contribution in [2.24, 2.45) is 0 Å². The zero-order chi connectivity index (χ0) is 17.5. The zero-order valence-corrected chi connectivity index (χ0v) is 15.4. The number of aromatic nitrogens is 1. The Kier molecular flexibility index (Phi) is 5.96. The molecule has 1 aromatic carbocycles. The van der Waals surface area contributed by atoms with E-state index >= 15 is 0 Å². The SMILES string of the molecule is O=S(=O)(Cc1ccccc1)N(CCc1cccs1)Cc1cccnc1. The van der Waals surface area contributed by atoms with E-state index in [-0.39, 0.29) is 5.75 Å². The highest BCUT2D eigenvalue weighted by Gasteiger charge is 2.23. The number of rotatable bonds is 8. The lowest BCUT2D eigenvalue weighted by Crippen LogP contribution is -2.33. The molecular weight excluding hydrogens is 352 g/mol. The molecule has 3 aromatic rings. The Bertz CT molecular complexity index is 864. The fourth-order valence-corrected chi connectivity index (χ4v) is 4.79. The van der Waals surface area contributed by atoms with Gasteiger partial charge in [0.2, 0.25) is 10.0 Å². The van der Waals surface area contributed by atoms with Gasteiger partial charge >= 0.3 is 0 Å².